The van der Waals surface area contributed by atoms with E-state index in [0.717, 1.165) is 32.9 Å². The van der Waals surface area contributed by atoms with Gasteiger partial charge in [-0.2, -0.15) is 8.42 Å². The fourth-order valence-corrected chi connectivity index (χ4v) is 10.1. The highest BCUT2D eigenvalue weighted by molar-refractivity contribution is 7.85. The van der Waals surface area contributed by atoms with Crippen molar-refractivity contribution in [3.05, 3.63) is 94.4 Å². The molecular formula is C33H34F2N3O6SSi+. The van der Waals surface area contributed by atoms with Gasteiger partial charge < -0.3 is 14.5 Å². The Bertz CT molecular complexity index is 1890. The minimum Gasteiger partial charge on any atom is -0.429 e. The molecule has 3 aliphatic heterocycles. The van der Waals surface area contributed by atoms with E-state index < -0.39 is 42.2 Å². The fourth-order valence-electron chi connectivity index (χ4n) is 6.43. The molecule has 1 N–H and O–H groups in total. The molecule has 1 amide bonds. The Labute approximate surface area is 267 Å². The van der Waals surface area contributed by atoms with Crippen LogP contribution in [0.2, 0.25) is 6.55 Å². The van der Waals surface area contributed by atoms with Crippen molar-refractivity contribution in [2.75, 3.05) is 50.4 Å². The number of fused-ring (bicyclic) bond motifs is 2. The van der Waals surface area contributed by atoms with Crippen LogP contribution in [0.25, 0.3) is 5.57 Å². The largest absolute Gasteiger partial charge is 0.429 e. The van der Waals surface area contributed by atoms with E-state index in [1.54, 1.807) is 6.07 Å². The summed E-state index contributed by atoms with van der Waals surface area (Å²) in [5.41, 5.74) is 6.76. The molecule has 9 nitrogen and oxygen atoms in total. The Kier molecular flexibility index (Phi) is 8.19. The topological polar surface area (TPSA) is 107 Å². The predicted molar refractivity (Wildman–Crippen MR) is 175 cm³/mol. The van der Waals surface area contributed by atoms with Crippen LogP contribution in [-0.4, -0.2) is 106 Å². The summed E-state index contributed by atoms with van der Waals surface area (Å²) in [6, 6.07) is 10.6. The van der Waals surface area contributed by atoms with Gasteiger partial charge in [-0.3, -0.25) is 14.1 Å². The third kappa shape index (κ3) is 5.67. The van der Waals surface area contributed by atoms with Gasteiger partial charge in [-0.05, 0) is 69.1 Å². The van der Waals surface area contributed by atoms with E-state index in [1.165, 1.54) is 24.1 Å². The lowest BCUT2D eigenvalue weighted by molar-refractivity contribution is -0.599. The average Bonchev–Trinajstić information content (AvgIpc) is 3.00. The Morgan fingerprint density at radius 2 is 1.89 bits per heavy atom. The van der Waals surface area contributed by atoms with Crippen LogP contribution in [0.4, 0.5) is 14.5 Å². The van der Waals surface area contributed by atoms with Gasteiger partial charge in [0.05, 0.1) is 18.8 Å². The van der Waals surface area contributed by atoms with E-state index in [-0.39, 0.29) is 17.9 Å². The molecule has 1 unspecified atom stereocenters. The van der Waals surface area contributed by atoms with Gasteiger partial charge in [0.15, 0.2) is 18.8 Å². The second-order valence-electron chi connectivity index (χ2n) is 12.2. The average molecular weight is 667 g/mol. The maximum atomic E-state index is 13.9. The van der Waals surface area contributed by atoms with Crippen LogP contribution in [0, 0.1) is 0 Å². The van der Waals surface area contributed by atoms with Gasteiger partial charge in [-0.25, -0.2) is 13.4 Å². The highest BCUT2D eigenvalue weighted by atomic mass is 32.2. The minimum absolute atomic E-state index is 0.199. The van der Waals surface area contributed by atoms with E-state index >= 15 is 0 Å². The molecule has 1 aliphatic carbocycles. The number of hydrogen-bond donors (Lipinski definition) is 1. The number of carbonyl (C=O) groups excluding carboxylic acids is 2. The Hall–Kier alpha value is -4.20. The molecule has 6 rings (SSSR count). The lowest BCUT2D eigenvalue weighted by Gasteiger charge is -2.41. The highest BCUT2D eigenvalue weighted by Gasteiger charge is 2.44. The first kappa shape index (κ1) is 31.8. The second kappa shape index (κ2) is 11.9. The van der Waals surface area contributed by atoms with Crippen molar-refractivity contribution in [1.82, 2.24) is 4.90 Å². The standard InChI is InChI=1S/C33H33F2N3O6SSi/c1-4-46(3)30-13-23(37-16-21(34)17-37)5-8-27(30)32(28-9-6-24(14-31(28)46)38-18-22(35)19-38)29-15-25(44-20-39)7-10-26(29)33(40)36(2)11-12-45(41,42)43/h4-10,13-15,20-22H,1,11-12,16-19H2,2-3H3/p+1. The molecule has 46 heavy (non-hydrogen) atoms. The fraction of sp³-hybridized carbons (Fsp3) is 0.303. The molecule has 0 saturated carbocycles. The number of alkyl halides is 2. The zero-order chi connectivity index (χ0) is 33.0. The van der Waals surface area contributed by atoms with Crippen molar-refractivity contribution in [3.8, 4) is 5.75 Å². The van der Waals surface area contributed by atoms with Crippen LogP contribution in [0.5, 0.6) is 5.75 Å². The van der Waals surface area contributed by atoms with Crippen LogP contribution in [0.1, 0.15) is 21.5 Å². The lowest BCUT2D eigenvalue weighted by Crippen LogP contribution is -2.53. The summed E-state index contributed by atoms with van der Waals surface area (Å²) in [5.74, 6) is -0.941. The first-order valence-electron chi connectivity index (χ1n) is 14.9. The summed E-state index contributed by atoms with van der Waals surface area (Å²) in [4.78, 5) is 28.4. The predicted octanol–water partition coefficient (Wildman–Crippen LogP) is 3.01. The van der Waals surface area contributed by atoms with E-state index in [9.17, 15) is 31.3 Å². The Morgan fingerprint density at radius 3 is 2.52 bits per heavy atom. The van der Waals surface area contributed by atoms with Crippen molar-refractivity contribution in [2.24, 2.45) is 0 Å². The van der Waals surface area contributed by atoms with Gasteiger partial charge in [0.2, 0.25) is 6.17 Å². The summed E-state index contributed by atoms with van der Waals surface area (Å²) in [6.45, 7) is 7.64. The lowest BCUT2D eigenvalue weighted by atomic mass is 9.86. The number of amides is 1. The van der Waals surface area contributed by atoms with Crippen LogP contribution in [0.15, 0.2) is 77.7 Å². The van der Waals surface area contributed by atoms with E-state index in [2.05, 4.69) is 25.3 Å². The van der Waals surface area contributed by atoms with Crippen molar-refractivity contribution < 1.29 is 40.7 Å². The van der Waals surface area contributed by atoms with E-state index in [4.69, 9.17) is 4.74 Å². The first-order valence-corrected chi connectivity index (χ1v) is 19.1. The summed E-state index contributed by atoms with van der Waals surface area (Å²) >= 11 is 0. The number of hydrogen-bond acceptors (Lipinski definition) is 6. The number of halogens is 2. The van der Waals surface area contributed by atoms with Crippen LogP contribution < -0.4 is 14.8 Å². The van der Waals surface area contributed by atoms with Gasteiger partial charge >= 0.3 is 0 Å². The number of nitrogens with zero attached hydrogens (tertiary/aromatic N) is 3. The normalized spacial score (nSPS) is 22.3. The summed E-state index contributed by atoms with van der Waals surface area (Å²) in [5, 5.41) is 1.99. The Balaban J connectivity index is 1.59. The zero-order valence-electron chi connectivity index (χ0n) is 25.4. The molecule has 2 saturated heterocycles. The number of carbonyl (C=O) groups is 2. The molecule has 2 fully saturated rings. The van der Waals surface area contributed by atoms with Crippen molar-refractivity contribution in [2.45, 2.75) is 18.9 Å². The monoisotopic (exact) mass is 666 g/mol. The maximum absolute atomic E-state index is 13.9. The minimum atomic E-state index is -4.32. The van der Waals surface area contributed by atoms with E-state index in [1.807, 2.05) is 39.5 Å². The zero-order valence-corrected chi connectivity index (χ0v) is 27.3. The Morgan fingerprint density at radius 1 is 1.15 bits per heavy atom. The van der Waals surface area contributed by atoms with Crippen LogP contribution >= 0.6 is 0 Å². The van der Waals surface area contributed by atoms with Gasteiger partial charge in [0.25, 0.3) is 22.5 Å². The van der Waals surface area contributed by atoms with Crippen molar-refractivity contribution >= 4 is 52.7 Å². The van der Waals surface area contributed by atoms with Crippen molar-refractivity contribution in [1.29, 1.82) is 0 Å². The smallest absolute Gasteiger partial charge is 0.298 e. The van der Waals surface area contributed by atoms with Gasteiger partial charge in [-0.1, -0.05) is 18.3 Å². The number of ether oxygens (including phenoxy) is 1. The SMILES string of the molecule is C=C[Si]1(C)C2=CC(=[N+]3CC(F)C3)C=CC2=C(c2cc(OC=O)ccc2C(=O)N(C)CCS(=O)(=O)O)c2ccc(N3CC(F)C3)cc21. The number of rotatable bonds is 9. The molecule has 0 spiro atoms. The number of benzene rings is 2. The number of allylic oxidation sites excluding steroid dienone is 5. The third-order valence-corrected chi connectivity index (χ3v) is 13.8. The quantitative estimate of drug-likeness (QED) is 0.190. The van der Waals surface area contributed by atoms with Gasteiger partial charge in [0.1, 0.15) is 20.0 Å². The van der Waals surface area contributed by atoms with Crippen molar-refractivity contribution in [3.63, 3.8) is 0 Å². The maximum Gasteiger partial charge on any atom is 0.298 e. The molecular weight excluding hydrogens is 633 g/mol. The molecule has 240 valence electrons. The number of anilines is 1. The second-order valence-corrected chi connectivity index (χ2v) is 17.6. The molecule has 2 aromatic rings. The summed E-state index contributed by atoms with van der Waals surface area (Å²) in [6.07, 6.45) is 4.16. The molecule has 0 aromatic heterocycles. The molecule has 3 heterocycles. The molecule has 0 radical (unpaired) electrons. The van der Waals surface area contributed by atoms with Gasteiger partial charge in [0, 0.05) is 37.0 Å². The molecule has 13 heteroatoms. The molecule has 1 atom stereocenters. The molecule has 2 aromatic carbocycles. The molecule has 0 bridgehead atoms. The summed E-state index contributed by atoms with van der Waals surface area (Å²) < 4.78 is 67.1. The highest BCUT2D eigenvalue weighted by Crippen LogP contribution is 2.44. The summed E-state index contributed by atoms with van der Waals surface area (Å²) in [7, 11) is -5.57. The molecule has 4 aliphatic rings. The van der Waals surface area contributed by atoms with E-state index in [0.29, 0.717) is 43.8 Å². The first-order chi connectivity index (χ1) is 21.8. The third-order valence-electron chi connectivity index (χ3n) is 9.18. The van der Waals surface area contributed by atoms with Crippen LogP contribution in [0.3, 0.4) is 0 Å². The van der Waals surface area contributed by atoms with Crippen LogP contribution in [-0.2, 0) is 14.9 Å². The van der Waals surface area contributed by atoms with Gasteiger partial charge in [-0.15, -0.1) is 6.58 Å².